The first-order valence-corrected chi connectivity index (χ1v) is 6.24. The predicted molar refractivity (Wildman–Crippen MR) is 60.7 cm³/mol. The minimum Gasteiger partial charge on any atom is -0.335 e. The zero-order valence-corrected chi connectivity index (χ0v) is 9.83. The monoisotopic (exact) mass is 210 g/mol. The smallest absolute Gasteiger partial charge is 0.317 e. The normalized spacial score (nSPS) is 32.3. The number of carbonyl (C=O) groups is 1. The molecule has 0 bridgehead atoms. The van der Waals surface area contributed by atoms with Crippen LogP contribution in [0.15, 0.2) is 0 Å². The number of rotatable bonds is 1. The summed E-state index contributed by atoms with van der Waals surface area (Å²) in [5, 5.41) is 3.16. The average molecular weight is 210 g/mol. The fourth-order valence-electron chi connectivity index (χ4n) is 2.91. The van der Waals surface area contributed by atoms with E-state index in [1.54, 1.807) is 0 Å². The SMILES string of the molecule is CC1CC(C)N(C(=O)NC2CCCC2)C1. The van der Waals surface area contributed by atoms with Crippen LogP contribution in [0, 0.1) is 5.92 Å². The number of likely N-dealkylation sites (tertiary alicyclic amines) is 1. The second-order valence-corrected chi connectivity index (χ2v) is 5.27. The van der Waals surface area contributed by atoms with Crippen molar-refractivity contribution in [3.05, 3.63) is 0 Å². The first-order valence-electron chi connectivity index (χ1n) is 6.24. The van der Waals surface area contributed by atoms with E-state index in [-0.39, 0.29) is 6.03 Å². The molecule has 0 radical (unpaired) electrons. The molecule has 15 heavy (non-hydrogen) atoms. The van der Waals surface area contributed by atoms with Crippen LogP contribution in [0.4, 0.5) is 4.79 Å². The maximum absolute atomic E-state index is 12.0. The molecule has 0 aromatic rings. The fourth-order valence-corrected chi connectivity index (χ4v) is 2.91. The van der Waals surface area contributed by atoms with E-state index in [1.807, 2.05) is 4.90 Å². The molecule has 1 saturated carbocycles. The van der Waals surface area contributed by atoms with Gasteiger partial charge >= 0.3 is 6.03 Å². The van der Waals surface area contributed by atoms with Gasteiger partial charge in [-0.1, -0.05) is 19.8 Å². The topological polar surface area (TPSA) is 32.3 Å². The number of amides is 2. The largest absolute Gasteiger partial charge is 0.335 e. The fraction of sp³-hybridized carbons (Fsp3) is 0.917. The number of hydrogen-bond donors (Lipinski definition) is 1. The van der Waals surface area contributed by atoms with Gasteiger partial charge in [0.15, 0.2) is 0 Å². The van der Waals surface area contributed by atoms with Gasteiger partial charge in [0.1, 0.15) is 0 Å². The van der Waals surface area contributed by atoms with Crippen LogP contribution in [0.1, 0.15) is 46.0 Å². The first-order chi connectivity index (χ1) is 7.16. The van der Waals surface area contributed by atoms with Gasteiger partial charge in [-0.3, -0.25) is 0 Å². The van der Waals surface area contributed by atoms with E-state index in [9.17, 15) is 4.79 Å². The number of nitrogens with one attached hydrogen (secondary N) is 1. The van der Waals surface area contributed by atoms with Crippen molar-refractivity contribution in [3.63, 3.8) is 0 Å². The molecule has 2 rings (SSSR count). The molecule has 0 aromatic carbocycles. The highest BCUT2D eigenvalue weighted by Crippen LogP contribution is 2.23. The summed E-state index contributed by atoms with van der Waals surface area (Å²) >= 11 is 0. The Morgan fingerprint density at radius 2 is 1.93 bits per heavy atom. The molecule has 3 nitrogen and oxygen atoms in total. The Labute approximate surface area is 92.2 Å². The van der Waals surface area contributed by atoms with Gasteiger partial charge < -0.3 is 10.2 Å². The minimum atomic E-state index is 0.166. The molecule has 1 heterocycles. The van der Waals surface area contributed by atoms with Gasteiger partial charge in [-0.05, 0) is 32.1 Å². The number of urea groups is 1. The summed E-state index contributed by atoms with van der Waals surface area (Å²) in [5.41, 5.74) is 0. The third-order valence-electron chi connectivity index (χ3n) is 3.73. The van der Waals surface area contributed by atoms with Crippen LogP contribution in [-0.2, 0) is 0 Å². The number of hydrogen-bond acceptors (Lipinski definition) is 1. The molecule has 0 aromatic heterocycles. The Bertz CT molecular complexity index is 236. The lowest BCUT2D eigenvalue weighted by atomic mass is 10.1. The van der Waals surface area contributed by atoms with E-state index >= 15 is 0 Å². The van der Waals surface area contributed by atoms with E-state index in [0.29, 0.717) is 18.0 Å². The van der Waals surface area contributed by atoms with Crippen LogP contribution >= 0.6 is 0 Å². The molecule has 2 aliphatic rings. The highest BCUT2D eigenvalue weighted by atomic mass is 16.2. The molecule has 1 aliphatic heterocycles. The minimum absolute atomic E-state index is 0.166. The summed E-state index contributed by atoms with van der Waals surface area (Å²) in [5.74, 6) is 0.661. The van der Waals surface area contributed by atoms with Crippen molar-refractivity contribution in [2.75, 3.05) is 6.54 Å². The Hall–Kier alpha value is -0.730. The summed E-state index contributed by atoms with van der Waals surface area (Å²) in [4.78, 5) is 14.0. The van der Waals surface area contributed by atoms with Gasteiger partial charge in [-0.2, -0.15) is 0 Å². The van der Waals surface area contributed by atoms with Crippen LogP contribution in [0.3, 0.4) is 0 Å². The van der Waals surface area contributed by atoms with Gasteiger partial charge in [0.2, 0.25) is 0 Å². The third-order valence-corrected chi connectivity index (χ3v) is 3.73. The molecule has 2 atom stereocenters. The Kier molecular flexibility index (Phi) is 3.17. The summed E-state index contributed by atoms with van der Waals surface area (Å²) < 4.78 is 0. The zero-order chi connectivity index (χ0) is 10.8. The summed E-state index contributed by atoms with van der Waals surface area (Å²) in [6.45, 7) is 5.30. The first kappa shape index (κ1) is 10.8. The van der Waals surface area contributed by atoms with Crippen molar-refractivity contribution >= 4 is 6.03 Å². The second kappa shape index (κ2) is 4.42. The summed E-state index contributed by atoms with van der Waals surface area (Å²) in [6.07, 6.45) is 6.04. The molecule has 1 aliphatic carbocycles. The molecule has 0 spiro atoms. The zero-order valence-electron chi connectivity index (χ0n) is 9.83. The molecule has 3 heteroatoms. The van der Waals surface area contributed by atoms with E-state index in [1.165, 1.54) is 25.7 Å². The average Bonchev–Trinajstić information content (AvgIpc) is 2.75. The number of nitrogens with zero attached hydrogens (tertiary/aromatic N) is 1. The molecular formula is C12H22N2O. The Morgan fingerprint density at radius 3 is 2.47 bits per heavy atom. The van der Waals surface area contributed by atoms with E-state index in [4.69, 9.17) is 0 Å². The standard InChI is InChI=1S/C12H22N2O/c1-9-7-10(2)14(8-9)12(15)13-11-5-3-4-6-11/h9-11H,3-8H2,1-2H3,(H,13,15). The van der Waals surface area contributed by atoms with Gasteiger partial charge in [-0.25, -0.2) is 4.79 Å². The molecule has 2 unspecified atom stereocenters. The van der Waals surface area contributed by atoms with Crippen LogP contribution in [0.25, 0.3) is 0 Å². The van der Waals surface area contributed by atoms with Gasteiger partial charge in [-0.15, -0.1) is 0 Å². The van der Waals surface area contributed by atoms with Crippen molar-refractivity contribution in [1.82, 2.24) is 10.2 Å². The quantitative estimate of drug-likeness (QED) is 0.708. The molecule has 2 fully saturated rings. The third kappa shape index (κ3) is 2.44. The van der Waals surface area contributed by atoms with Crippen molar-refractivity contribution in [1.29, 1.82) is 0 Å². The lowest BCUT2D eigenvalue weighted by Crippen LogP contribution is -2.45. The van der Waals surface area contributed by atoms with Crippen molar-refractivity contribution in [2.24, 2.45) is 5.92 Å². The highest BCUT2D eigenvalue weighted by Gasteiger charge is 2.31. The van der Waals surface area contributed by atoms with Gasteiger partial charge in [0.25, 0.3) is 0 Å². The van der Waals surface area contributed by atoms with E-state index in [0.717, 1.165) is 13.0 Å². The lowest BCUT2D eigenvalue weighted by Gasteiger charge is -2.24. The van der Waals surface area contributed by atoms with Gasteiger partial charge in [0.05, 0.1) is 0 Å². The van der Waals surface area contributed by atoms with E-state index in [2.05, 4.69) is 19.2 Å². The highest BCUT2D eigenvalue weighted by molar-refractivity contribution is 5.75. The summed E-state index contributed by atoms with van der Waals surface area (Å²) in [7, 11) is 0. The molecule has 1 N–H and O–H groups in total. The summed E-state index contributed by atoms with van der Waals surface area (Å²) in [6, 6.07) is 1.03. The van der Waals surface area contributed by atoms with Crippen LogP contribution in [0.2, 0.25) is 0 Å². The predicted octanol–water partition coefficient (Wildman–Crippen LogP) is 2.37. The van der Waals surface area contributed by atoms with Crippen LogP contribution in [0.5, 0.6) is 0 Å². The van der Waals surface area contributed by atoms with Crippen molar-refractivity contribution < 1.29 is 4.79 Å². The Balaban J connectivity index is 1.84. The van der Waals surface area contributed by atoms with Gasteiger partial charge in [0, 0.05) is 18.6 Å². The molecular weight excluding hydrogens is 188 g/mol. The maximum Gasteiger partial charge on any atom is 0.317 e. The molecule has 2 amide bonds. The lowest BCUT2D eigenvalue weighted by molar-refractivity contribution is 0.191. The second-order valence-electron chi connectivity index (χ2n) is 5.27. The van der Waals surface area contributed by atoms with Crippen molar-refractivity contribution in [2.45, 2.75) is 58.0 Å². The van der Waals surface area contributed by atoms with Crippen molar-refractivity contribution in [3.8, 4) is 0 Å². The molecule has 1 saturated heterocycles. The maximum atomic E-state index is 12.0. The number of carbonyl (C=O) groups excluding carboxylic acids is 1. The van der Waals surface area contributed by atoms with Crippen LogP contribution in [-0.4, -0.2) is 29.6 Å². The molecule has 86 valence electrons. The van der Waals surface area contributed by atoms with Crippen LogP contribution < -0.4 is 5.32 Å². The van der Waals surface area contributed by atoms with E-state index < -0.39 is 0 Å². The Morgan fingerprint density at radius 1 is 1.27 bits per heavy atom.